The van der Waals surface area contributed by atoms with Crippen LogP contribution in [0.25, 0.3) is 0 Å². The van der Waals surface area contributed by atoms with Crippen LogP contribution in [-0.2, 0) is 23.7 Å². The van der Waals surface area contributed by atoms with E-state index in [1.807, 2.05) is 6.92 Å². The number of hydrogen-bond acceptors (Lipinski definition) is 8. The van der Waals surface area contributed by atoms with Crippen molar-refractivity contribution < 1.29 is 39.1 Å². The number of esters is 1. The zero-order valence-corrected chi connectivity index (χ0v) is 23.3. The Kier molecular flexibility index (Phi) is 6.80. The molecular formula is C30H46O8. The second-order valence-corrected chi connectivity index (χ2v) is 13.8. The first-order valence-electron chi connectivity index (χ1n) is 14.8. The van der Waals surface area contributed by atoms with Crippen molar-refractivity contribution in [3.63, 3.8) is 0 Å². The molecule has 3 N–H and O–H groups in total. The lowest BCUT2D eigenvalue weighted by Gasteiger charge is -2.63. The zero-order valence-electron chi connectivity index (χ0n) is 23.3. The van der Waals surface area contributed by atoms with Crippen molar-refractivity contribution in [3.05, 3.63) is 11.6 Å². The van der Waals surface area contributed by atoms with Crippen molar-refractivity contribution >= 4 is 5.97 Å². The Balaban J connectivity index is 1.16. The highest BCUT2D eigenvalue weighted by molar-refractivity contribution is 5.85. The Morgan fingerprint density at radius 1 is 1.05 bits per heavy atom. The molecule has 0 aromatic rings. The van der Waals surface area contributed by atoms with Crippen molar-refractivity contribution in [1.29, 1.82) is 0 Å². The van der Waals surface area contributed by atoms with Crippen molar-refractivity contribution in [2.24, 2.45) is 34.5 Å². The number of methoxy groups -OCH3 is 1. The Morgan fingerprint density at radius 2 is 1.84 bits per heavy atom. The number of cyclic esters (lactones) is 1. The minimum absolute atomic E-state index is 0.121. The molecule has 214 valence electrons. The summed E-state index contributed by atoms with van der Waals surface area (Å²) in [5, 5.41) is 33.9. The number of fused-ring (bicyclic) bond motifs is 5. The minimum Gasteiger partial charge on any atom is -0.458 e. The molecule has 13 atom stereocenters. The molecule has 6 rings (SSSR count). The van der Waals surface area contributed by atoms with Crippen LogP contribution in [0.1, 0.15) is 78.6 Å². The van der Waals surface area contributed by atoms with Gasteiger partial charge < -0.3 is 34.3 Å². The number of aliphatic hydroxyl groups is 3. The summed E-state index contributed by atoms with van der Waals surface area (Å²) in [4.78, 5) is 11.8. The maximum atomic E-state index is 12.4. The third-order valence-electron chi connectivity index (χ3n) is 12.2. The van der Waals surface area contributed by atoms with Crippen LogP contribution in [-0.4, -0.2) is 77.4 Å². The summed E-state index contributed by atoms with van der Waals surface area (Å²) in [5.74, 6) is 0.493. The highest BCUT2D eigenvalue weighted by Crippen LogP contribution is 2.70. The van der Waals surface area contributed by atoms with Gasteiger partial charge in [-0.05, 0) is 80.6 Å². The van der Waals surface area contributed by atoms with Crippen molar-refractivity contribution in [2.75, 3.05) is 13.7 Å². The molecule has 38 heavy (non-hydrogen) atoms. The van der Waals surface area contributed by atoms with Crippen LogP contribution in [0.15, 0.2) is 11.6 Å². The lowest BCUT2D eigenvalue weighted by molar-refractivity contribution is -0.273. The van der Waals surface area contributed by atoms with E-state index in [9.17, 15) is 20.1 Å². The van der Waals surface area contributed by atoms with Gasteiger partial charge in [-0.2, -0.15) is 0 Å². The van der Waals surface area contributed by atoms with E-state index in [-0.39, 0.29) is 54.4 Å². The van der Waals surface area contributed by atoms with E-state index in [0.717, 1.165) is 50.5 Å². The topological polar surface area (TPSA) is 115 Å². The van der Waals surface area contributed by atoms with Gasteiger partial charge in [0.1, 0.15) is 12.7 Å². The Bertz CT molecular complexity index is 968. The van der Waals surface area contributed by atoms with Gasteiger partial charge in [0.15, 0.2) is 6.29 Å². The summed E-state index contributed by atoms with van der Waals surface area (Å²) in [6.45, 7) is 6.67. The average molecular weight is 535 g/mol. The second kappa shape index (κ2) is 9.52. The fourth-order valence-electron chi connectivity index (χ4n) is 10.1. The summed E-state index contributed by atoms with van der Waals surface area (Å²) in [5.41, 5.74) is -0.440. The Labute approximate surface area is 226 Å². The normalized spacial score (nSPS) is 54.5. The molecule has 0 spiro atoms. The average Bonchev–Trinajstić information content (AvgIpc) is 3.37. The first-order chi connectivity index (χ1) is 18.0. The van der Waals surface area contributed by atoms with E-state index in [0.29, 0.717) is 24.7 Å². The number of aliphatic hydroxyl groups excluding tert-OH is 2. The molecule has 8 nitrogen and oxygen atoms in total. The molecule has 2 heterocycles. The second-order valence-electron chi connectivity index (χ2n) is 13.8. The molecule has 6 aliphatic rings. The molecule has 4 unspecified atom stereocenters. The molecule has 4 aliphatic carbocycles. The summed E-state index contributed by atoms with van der Waals surface area (Å²) in [7, 11) is 1.63. The molecule has 5 fully saturated rings. The largest absolute Gasteiger partial charge is 0.458 e. The molecule has 0 radical (unpaired) electrons. The van der Waals surface area contributed by atoms with Crippen molar-refractivity contribution in [1.82, 2.24) is 0 Å². The summed E-state index contributed by atoms with van der Waals surface area (Å²) in [6, 6.07) is 0. The summed E-state index contributed by atoms with van der Waals surface area (Å²) in [6.07, 6.45) is 7.17. The standard InChI is InChI=1S/C30H46O8/c1-16-27(33)23(35-4)13-25(37-16)38-19-7-9-28(2)18(12-19)5-6-21-20(28)8-10-29(3)26(17-11-24(32)36-15-17)22(31)14-30(21,29)34/h11,16,18-23,25-27,31,33-34H,5-10,12-15H2,1-4H3/t16?,18-,19+,20?,21?,22+,23?,25+,26+,27-,28+,29-,30+/m1/s1. The lowest BCUT2D eigenvalue weighted by atomic mass is 9.43. The number of carbonyl (C=O) groups excluding carboxylic acids is 1. The van der Waals surface area contributed by atoms with Gasteiger partial charge in [-0.25, -0.2) is 4.79 Å². The molecule has 0 aromatic heterocycles. The van der Waals surface area contributed by atoms with E-state index in [2.05, 4.69) is 13.8 Å². The van der Waals surface area contributed by atoms with E-state index in [4.69, 9.17) is 18.9 Å². The van der Waals surface area contributed by atoms with Crippen LogP contribution in [0.5, 0.6) is 0 Å². The van der Waals surface area contributed by atoms with Crippen LogP contribution in [0.3, 0.4) is 0 Å². The lowest BCUT2D eigenvalue weighted by Crippen LogP contribution is -2.62. The molecule has 4 saturated carbocycles. The van der Waals surface area contributed by atoms with Gasteiger partial charge in [0, 0.05) is 37.4 Å². The molecule has 1 saturated heterocycles. The van der Waals surface area contributed by atoms with Gasteiger partial charge in [-0.3, -0.25) is 0 Å². The van der Waals surface area contributed by atoms with Crippen molar-refractivity contribution in [2.45, 2.75) is 121 Å². The fourth-order valence-corrected chi connectivity index (χ4v) is 10.1. The van der Waals surface area contributed by atoms with Crippen LogP contribution in [0, 0.1) is 34.5 Å². The minimum atomic E-state index is -0.949. The monoisotopic (exact) mass is 534 g/mol. The molecule has 2 aliphatic heterocycles. The number of rotatable bonds is 4. The van der Waals surface area contributed by atoms with Gasteiger partial charge in [0.05, 0.1) is 30.0 Å². The molecule has 0 amide bonds. The van der Waals surface area contributed by atoms with E-state index in [1.165, 1.54) is 0 Å². The highest BCUT2D eigenvalue weighted by Gasteiger charge is 2.70. The quantitative estimate of drug-likeness (QED) is 0.372. The fraction of sp³-hybridized carbons (Fsp3) is 0.900. The number of hydrogen-bond donors (Lipinski definition) is 3. The van der Waals surface area contributed by atoms with Crippen LogP contribution in [0.4, 0.5) is 0 Å². The van der Waals surface area contributed by atoms with Crippen LogP contribution in [0.2, 0.25) is 0 Å². The molecular weight excluding hydrogens is 488 g/mol. The molecule has 0 bridgehead atoms. The predicted octanol–water partition coefficient (Wildman–Crippen LogP) is 3.11. The number of ether oxygens (including phenoxy) is 4. The third kappa shape index (κ3) is 3.96. The maximum Gasteiger partial charge on any atom is 0.331 e. The van der Waals surface area contributed by atoms with E-state index < -0.39 is 23.2 Å². The predicted molar refractivity (Wildman–Crippen MR) is 138 cm³/mol. The third-order valence-corrected chi connectivity index (χ3v) is 12.2. The van der Waals surface area contributed by atoms with Crippen LogP contribution < -0.4 is 0 Å². The summed E-state index contributed by atoms with van der Waals surface area (Å²) < 4.78 is 23.1. The first-order valence-corrected chi connectivity index (χ1v) is 14.8. The SMILES string of the molecule is COC1C[C@H](O[C@H]2CC[C@]3(C)C4CC[C@]5(C)[C@@H](C6=CC(=O)OC6)[C@@H](O)C[C@]5(O)C4CC[C@@H]3C2)OC(C)[C@H]1O. The Morgan fingerprint density at radius 3 is 2.55 bits per heavy atom. The van der Waals surface area contributed by atoms with Gasteiger partial charge in [0.25, 0.3) is 0 Å². The van der Waals surface area contributed by atoms with Gasteiger partial charge >= 0.3 is 5.97 Å². The Hall–Kier alpha value is -1.03. The first kappa shape index (κ1) is 27.2. The van der Waals surface area contributed by atoms with Gasteiger partial charge in [-0.1, -0.05) is 13.8 Å². The maximum absolute atomic E-state index is 12.4. The summed E-state index contributed by atoms with van der Waals surface area (Å²) >= 11 is 0. The molecule has 8 heteroatoms. The van der Waals surface area contributed by atoms with Gasteiger partial charge in [0.2, 0.25) is 0 Å². The smallest absolute Gasteiger partial charge is 0.331 e. The molecule has 0 aromatic carbocycles. The van der Waals surface area contributed by atoms with E-state index >= 15 is 0 Å². The van der Waals surface area contributed by atoms with Crippen LogP contribution >= 0.6 is 0 Å². The van der Waals surface area contributed by atoms with E-state index in [1.54, 1.807) is 13.2 Å². The zero-order chi connectivity index (χ0) is 27.0. The highest BCUT2D eigenvalue weighted by atomic mass is 16.7. The number of carbonyl (C=O) groups is 1. The van der Waals surface area contributed by atoms with Crippen molar-refractivity contribution in [3.8, 4) is 0 Å². The van der Waals surface area contributed by atoms with Gasteiger partial charge in [-0.15, -0.1) is 0 Å².